The number of anilines is 1. The molecule has 0 aliphatic carbocycles. The third-order valence-corrected chi connectivity index (χ3v) is 6.94. The fourth-order valence-electron chi connectivity index (χ4n) is 4.61. The Hall–Kier alpha value is -3.80. The van der Waals surface area contributed by atoms with E-state index < -0.39 is 24.6 Å². The lowest BCUT2D eigenvalue weighted by Crippen LogP contribution is -2.39. The van der Waals surface area contributed by atoms with Crippen LogP contribution in [0.5, 0.6) is 6.01 Å². The van der Waals surface area contributed by atoms with Crippen LogP contribution in [0.25, 0.3) is 11.4 Å². The van der Waals surface area contributed by atoms with Crippen LogP contribution in [0.15, 0.2) is 48.5 Å². The summed E-state index contributed by atoms with van der Waals surface area (Å²) in [7, 11) is 0. The number of carbonyl (C=O) groups is 1. The summed E-state index contributed by atoms with van der Waals surface area (Å²) in [5.41, 5.74) is 1.48. The first-order valence-corrected chi connectivity index (χ1v) is 13.6. The van der Waals surface area contributed by atoms with E-state index in [1.54, 1.807) is 36.4 Å². The van der Waals surface area contributed by atoms with Gasteiger partial charge in [0.15, 0.2) is 12.4 Å². The number of ether oxygens (including phenoxy) is 1. The molecule has 0 spiro atoms. The summed E-state index contributed by atoms with van der Waals surface area (Å²) >= 11 is 0. The maximum atomic E-state index is 13.2. The van der Waals surface area contributed by atoms with Gasteiger partial charge in [-0.15, -0.1) is 0 Å². The Balaban J connectivity index is 1.43. The molecule has 0 radical (unpaired) electrons. The molecule has 0 unspecified atom stereocenters. The summed E-state index contributed by atoms with van der Waals surface area (Å²) in [5, 5.41) is 5.87. The van der Waals surface area contributed by atoms with Crippen LogP contribution in [0.1, 0.15) is 49.0 Å². The quantitative estimate of drug-likeness (QED) is 0.294. The normalized spacial score (nSPS) is 14.7. The first-order valence-electron chi connectivity index (χ1n) is 13.6. The van der Waals surface area contributed by atoms with E-state index in [9.17, 15) is 22.4 Å². The average molecular weight is 575 g/mol. The van der Waals surface area contributed by atoms with Crippen LogP contribution in [0.2, 0.25) is 0 Å². The number of aromatic nitrogens is 3. The highest BCUT2D eigenvalue weighted by molar-refractivity contribution is 5.95. The summed E-state index contributed by atoms with van der Waals surface area (Å²) < 4.78 is 56.4. The third-order valence-electron chi connectivity index (χ3n) is 6.94. The molecular weight excluding hydrogens is 540 g/mol. The smallest absolute Gasteiger partial charge is 0.422 e. The Labute approximate surface area is 236 Å². The molecule has 1 aromatic heterocycles. The number of carbonyl (C=O) groups excluding carboxylic acids is 1. The van der Waals surface area contributed by atoms with Gasteiger partial charge in [0, 0.05) is 30.3 Å². The van der Waals surface area contributed by atoms with Gasteiger partial charge < -0.3 is 20.3 Å². The summed E-state index contributed by atoms with van der Waals surface area (Å²) in [6.45, 7) is 5.70. The van der Waals surface area contributed by atoms with Gasteiger partial charge in [-0.1, -0.05) is 24.3 Å². The number of benzene rings is 2. The molecule has 8 nitrogen and oxygen atoms in total. The standard InChI is InChI=1S/C29H34F4N6O2/c1-19(2)39-14-11-20(12-15-39)10-13-34-26(40)23-5-3-4-22(16-23)25-36-27(35-17-21-6-8-24(30)9-7-21)38-28(37-25)41-18-29(31,32)33/h3-9,16,19-20H,10-15,17-18H2,1-2H3,(H,34,40)(H,35,36,37,38). The molecule has 1 saturated heterocycles. The van der Waals surface area contributed by atoms with Crippen molar-refractivity contribution >= 4 is 11.9 Å². The lowest BCUT2D eigenvalue weighted by molar-refractivity contribution is -0.154. The number of hydrogen-bond acceptors (Lipinski definition) is 7. The maximum absolute atomic E-state index is 13.2. The second-order valence-corrected chi connectivity index (χ2v) is 10.3. The van der Waals surface area contributed by atoms with Crippen LogP contribution in [0, 0.1) is 11.7 Å². The van der Waals surface area contributed by atoms with Gasteiger partial charge in [0.05, 0.1) is 0 Å². The van der Waals surface area contributed by atoms with Gasteiger partial charge in [0.1, 0.15) is 5.82 Å². The Morgan fingerprint density at radius 3 is 2.49 bits per heavy atom. The number of hydrogen-bond donors (Lipinski definition) is 2. The maximum Gasteiger partial charge on any atom is 0.422 e. The van der Waals surface area contributed by atoms with Gasteiger partial charge in [0.25, 0.3) is 5.91 Å². The predicted molar refractivity (Wildman–Crippen MR) is 147 cm³/mol. The number of alkyl halides is 3. The Kier molecular flexibility index (Phi) is 10.1. The molecule has 2 aromatic carbocycles. The van der Waals surface area contributed by atoms with Crippen LogP contribution < -0.4 is 15.4 Å². The van der Waals surface area contributed by atoms with Crippen molar-refractivity contribution in [3.8, 4) is 17.4 Å². The van der Waals surface area contributed by atoms with Gasteiger partial charge in [0.2, 0.25) is 5.95 Å². The molecule has 1 fully saturated rings. The summed E-state index contributed by atoms with van der Waals surface area (Å²) in [6, 6.07) is 12.2. The minimum absolute atomic E-state index is 0.0325. The van der Waals surface area contributed by atoms with E-state index in [0.717, 1.165) is 32.4 Å². The number of nitrogens with one attached hydrogen (secondary N) is 2. The van der Waals surface area contributed by atoms with Gasteiger partial charge in [-0.25, -0.2) is 4.39 Å². The third kappa shape index (κ3) is 9.38. The summed E-state index contributed by atoms with van der Waals surface area (Å²) in [5.74, 6) is -0.0864. The molecule has 0 saturated carbocycles. The van der Waals surface area contributed by atoms with Crippen LogP contribution >= 0.6 is 0 Å². The lowest BCUT2D eigenvalue weighted by Gasteiger charge is -2.34. The zero-order valence-electron chi connectivity index (χ0n) is 23.0. The SMILES string of the molecule is CC(C)N1CCC(CCNC(=O)c2cccc(-c3nc(NCc4ccc(F)cc4)nc(OCC(F)(F)F)n3)c2)CC1. The van der Waals surface area contributed by atoms with Crippen molar-refractivity contribution in [2.24, 2.45) is 5.92 Å². The first kappa shape index (κ1) is 30.2. The molecular formula is C29H34F4N6O2. The van der Waals surface area contributed by atoms with Crippen molar-refractivity contribution in [2.45, 2.75) is 51.9 Å². The van der Waals surface area contributed by atoms with E-state index in [0.29, 0.717) is 35.2 Å². The van der Waals surface area contributed by atoms with Crippen LogP contribution in [-0.2, 0) is 6.54 Å². The topological polar surface area (TPSA) is 92.3 Å². The van der Waals surface area contributed by atoms with Crippen molar-refractivity contribution in [3.05, 3.63) is 65.5 Å². The van der Waals surface area contributed by atoms with Crippen LogP contribution in [0.4, 0.5) is 23.5 Å². The van der Waals surface area contributed by atoms with Crippen molar-refractivity contribution in [3.63, 3.8) is 0 Å². The fourth-order valence-corrected chi connectivity index (χ4v) is 4.61. The van der Waals surface area contributed by atoms with E-state index in [2.05, 4.69) is 44.3 Å². The van der Waals surface area contributed by atoms with Gasteiger partial charge in [-0.05, 0) is 81.9 Å². The number of amides is 1. The van der Waals surface area contributed by atoms with Gasteiger partial charge >= 0.3 is 12.2 Å². The number of piperidine rings is 1. The zero-order valence-corrected chi connectivity index (χ0v) is 23.0. The van der Waals surface area contributed by atoms with E-state index in [-0.39, 0.29) is 24.2 Å². The van der Waals surface area contributed by atoms with E-state index in [4.69, 9.17) is 4.74 Å². The first-order chi connectivity index (χ1) is 19.6. The number of rotatable bonds is 11. The second-order valence-electron chi connectivity index (χ2n) is 10.3. The Bertz CT molecular complexity index is 1300. The number of likely N-dealkylation sites (tertiary alicyclic amines) is 1. The molecule has 2 N–H and O–H groups in total. The van der Waals surface area contributed by atoms with Crippen molar-refractivity contribution < 1.29 is 27.1 Å². The highest BCUT2D eigenvalue weighted by Crippen LogP contribution is 2.24. The summed E-state index contributed by atoms with van der Waals surface area (Å²) in [6.07, 6.45) is -1.47. The number of nitrogens with zero attached hydrogens (tertiary/aromatic N) is 4. The highest BCUT2D eigenvalue weighted by Gasteiger charge is 2.29. The monoisotopic (exact) mass is 574 g/mol. The molecule has 1 amide bonds. The van der Waals surface area contributed by atoms with E-state index >= 15 is 0 Å². The molecule has 0 bridgehead atoms. The largest absolute Gasteiger partial charge is 0.454 e. The lowest BCUT2D eigenvalue weighted by atomic mass is 9.93. The summed E-state index contributed by atoms with van der Waals surface area (Å²) in [4.78, 5) is 27.6. The molecule has 220 valence electrons. The van der Waals surface area contributed by atoms with E-state index in [1.807, 2.05) is 0 Å². The van der Waals surface area contributed by atoms with Crippen molar-refractivity contribution in [1.29, 1.82) is 0 Å². The second kappa shape index (κ2) is 13.7. The molecule has 2 heterocycles. The number of halogens is 4. The minimum atomic E-state index is -4.59. The average Bonchev–Trinajstić information content (AvgIpc) is 2.95. The zero-order chi connectivity index (χ0) is 29.4. The van der Waals surface area contributed by atoms with Crippen molar-refractivity contribution in [1.82, 2.24) is 25.2 Å². The minimum Gasteiger partial charge on any atom is -0.454 e. The highest BCUT2D eigenvalue weighted by atomic mass is 19.4. The Morgan fingerprint density at radius 1 is 1.07 bits per heavy atom. The van der Waals surface area contributed by atoms with Crippen LogP contribution in [0.3, 0.4) is 0 Å². The van der Waals surface area contributed by atoms with Crippen LogP contribution in [-0.4, -0.2) is 64.2 Å². The Morgan fingerprint density at radius 2 is 1.80 bits per heavy atom. The van der Waals surface area contributed by atoms with E-state index in [1.165, 1.54) is 12.1 Å². The molecule has 12 heteroatoms. The fraction of sp³-hybridized carbons (Fsp3) is 0.448. The molecule has 41 heavy (non-hydrogen) atoms. The molecule has 1 aliphatic rings. The molecule has 3 aromatic rings. The van der Waals surface area contributed by atoms with Gasteiger partial charge in [-0.3, -0.25) is 4.79 Å². The molecule has 0 atom stereocenters. The predicted octanol–water partition coefficient (Wildman–Crippen LogP) is 5.47. The van der Waals surface area contributed by atoms with Crippen molar-refractivity contribution in [2.75, 3.05) is 31.6 Å². The molecule has 4 rings (SSSR count). The van der Waals surface area contributed by atoms with Gasteiger partial charge in [-0.2, -0.15) is 28.1 Å². The molecule has 1 aliphatic heterocycles.